The molecule has 3 heteroatoms. The van der Waals surface area contributed by atoms with Crippen molar-refractivity contribution in [1.82, 2.24) is 0 Å². The number of hydrogen-bond acceptors (Lipinski definition) is 2. The lowest BCUT2D eigenvalue weighted by Gasteiger charge is -2.13. The minimum Gasteiger partial charge on any atom is -0.321 e. The third kappa shape index (κ3) is 3.52. The Hall–Kier alpha value is -2.52. The minimum atomic E-state index is -0.0771. The number of thioether (sulfide) groups is 1. The fourth-order valence-electron chi connectivity index (χ4n) is 2.62. The fourth-order valence-corrected chi connectivity index (χ4v) is 3.06. The Balaban J connectivity index is 1.94. The molecule has 0 bridgehead atoms. The summed E-state index contributed by atoms with van der Waals surface area (Å²) in [6.45, 7) is 1.96. The topological polar surface area (TPSA) is 29.1 Å². The van der Waals surface area contributed by atoms with Crippen LogP contribution in [0.3, 0.4) is 0 Å². The predicted molar refractivity (Wildman–Crippen MR) is 103 cm³/mol. The molecule has 0 aromatic heterocycles. The molecule has 120 valence electrons. The molecule has 0 saturated heterocycles. The summed E-state index contributed by atoms with van der Waals surface area (Å²) in [5.41, 5.74) is 4.61. The number of hydrogen-bond donors (Lipinski definition) is 1. The van der Waals surface area contributed by atoms with Gasteiger partial charge in [0.25, 0.3) is 5.91 Å². The first-order chi connectivity index (χ1) is 11.7. The van der Waals surface area contributed by atoms with Gasteiger partial charge in [0.1, 0.15) is 0 Å². The van der Waals surface area contributed by atoms with Crippen molar-refractivity contribution in [3.63, 3.8) is 0 Å². The van der Waals surface area contributed by atoms with E-state index in [1.165, 1.54) is 0 Å². The van der Waals surface area contributed by atoms with E-state index in [9.17, 15) is 4.79 Å². The summed E-state index contributed by atoms with van der Waals surface area (Å²) in [6, 6.07) is 23.9. The van der Waals surface area contributed by atoms with Crippen LogP contribution in [0, 0.1) is 6.92 Å². The van der Waals surface area contributed by atoms with Crippen molar-refractivity contribution in [2.24, 2.45) is 0 Å². The Bertz CT molecular complexity index is 859. The number of para-hydroxylation sites is 1. The molecular weight excluding hydrogens is 314 g/mol. The van der Waals surface area contributed by atoms with Gasteiger partial charge in [-0.2, -0.15) is 0 Å². The predicted octanol–water partition coefficient (Wildman–Crippen LogP) is 5.64. The number of carbonyl (C=O) groups is 1. The second-order valence-corrected chi connectivity index (χ2v) is 6.43. The summed E-state index contributed by atoms with van der Waals surface area (Å²) in [5.74, 6) is -0.0771. The molecule has 3 aromatic rings. The highest BCUT2D eigenvalue weighted by Crippen LogP contribution is 2.28. The summed E-state index contributed by atoms with van der Waals surface area (Å²) in [5, 5.41) is 3.07. The molecule has 0 spiro atoms. The van der Waals surface area contributed by atoms with Crippen LogP contribution in [0.25, 0.3) is 11.1 Å². The first-order valence-electron chi connectivity index (χ1n) is 7.79. The number of benzene rings is 3. The van der Waals surface area contributed by atoms with Crippen LogP contribution in [-0.4, -0.2) is 12.2 Å². The molecule has 1 amide bonds. The Morgan fingerprint density at radius 3 is 2.38 bits per heavy atom. The lowest BCUT2D eigenvalue weighted by atomic mass is 10.0. The maximum atomic E-state index is 12.8. The average Bonchev–Trinajstić information content (AvgIpc) is 2.63. The number of anilines is 1. The third-order valence-corrected chi connectivity index (χ3v) is 4.67. The number of nitrogens with one attached hydrogen (secondary N) is 1. The molecule has 0 radical (unpaired) electrons. The van der Waals surface area contributed by atoms with E-state index in [0.29, 0.717) is 5.56 Å². The molecule has 0 saturated carbocycles. The molecule has 0 atom stereocenters. The van der Waals surface area contributed by atoms with Crippen molar-refractivity contribution in [1.29, 1.82) is 0 Å². The van der Waals surface area contributed by atoms with Crippen LogP contribution in [0.1, 0.15) is 15.9 Å². The normalized spacial score (nSPS) is 10.4. The number of carbonyl (C=O) groups excluding carboxylic acids is 1. The summed E-state index contributed by atoms with van der Waals surface area (Å²) in [7, 11) is 0. The van der Waals surface area contributed by atoms with E-state index < -0.39 is 0 Å². The van der Waals surface area contributed by atoms with Crippen molar-refractivity contribution in [2.45, 2.75) is 11.8 Å². The highest BCUT2D eigenvalue weighted by molar-refractivity contribution is 7.98. The molecular formula is C21H19NOS. The van der Waals surface area contributed by atoms with E-state index in [1.54, 1.807) is 11.8 Å². The Kier molecular flexibility index (Phi) is 5.02. The monoisotopic (exact) mass is 333 g/mol. The number of rotatable bonds is 4. The van der Waals surface area contributed by atoms with Crippen molar-refractivity contribution >= 4 is 23.4 Å². The number of aryl methyl sites for hydroxylation is 1. The molecule has 0 unspecified atom stereocenters. The third-order valence-electron chi connectivity index (χ3n) is 3.95. The quantitative estimate of drug-likeness (QED) is 0.626. The molecule has 0 heterocycles. The van der Waals surface area contributed by atoms with Gasteiger partial charge in [-0.05, 0) is 42.5 Å². The standard InChI is InChI=1S/C21H19NOS/c1-15-12-13-17(24-2)14-19(15)21(23)22-20-11-7-6-10-18(20)16-8-4-3-5-9-16/h3-14H,1-2H3,(H,22,23). The molecule has 3 aromatic carbocycles. The van der Waals surface area contributed by atoms with E-state index in [-0.39, 0.29) is 5.91 Å². The zero-order chi connectivity index (χ0) is 16.9. The van der Waals surface area contributed by atoms with Crippen LogP contribution >= 0.6 is 11.8 Å². The van der Waals surface area contributed by atoms with Crippen LogP contribution < -0.4 is 5.32 Å². The second kappa shape index (κ2) is 7.37. The van der Waals surface area contributed by atoms with Gasteiger partial charge in [-0.1, -0.05) is 54.6 Å². The smallest absolute Gasteiger partial charge is 0.255 e. The van der Waals surface area contributed by atoms with E-state index in [1.807, 2.05) is 86.0 Å². The molecule has 3 rings (SSSR count). The van der Waals surface area contributed by atoms with Crippen LogP contribution in [0.4, 0.5) is 5.69 Å². The molecule has 0 aliphatic rings. The van der Waals surface area contributed by atoms with Gasteiger partial charge in [-0.25, -0.2) is 0 Å². The van der Waals surface area contributed by atoms with E-state index in [0.717, 1.165) is 27.3 Å². The SMILES string of the molecule is CSc1ccc(C)c(C(=O)Nc2ccccc2-c2ccccc2)c1. The largest absolute Gasteiger partial charge is 0.321 e. The Labute approximate surface area is 146 Å². The molecule has 24 heavy (non-hydrogen) atoms. The summed E-state index contributed by atoms with van der Waals surface area (Å²) in [4.78, 5) is 13.9. The average molecular weight is 333 g/mol. The van der Waals surface area contributed by atoms with Crippen molar-refractivity contribution < 1.29 is 4.79 Å². The van der Waals surface area contributed by atoms with E-state index in [4.69, 9.17) is 0 Å². The van der Waals surface area contributed by atoms with Gasteiger partial charge in [-0.15, -0.1) is 11.8 Å². The van der Waals surface area contributed by atoms with Crippen LogP contribution in [0.5, 0.6) is 0 Å². The van der Waals surface area contributed by atoms with Crippen molar-refractivity contribution in [3.05, 3.63) is 83.9 Å². The van der Waals surface area contributed by atoms with Crippen LogP contribution in [0.15, 0.2) is 77.7 Å². The van der Waals surface area contributed by atoms with Gasteiger partial charge in [0, 0.05) is 21.7 Å². The highest BCUT2D eigenvalue weighted by Gasteiger charge is 2.12. The summed E-state index contributed by atoms with van der Waals surface area (Å²) in [6.07, 6.45) is 2.01. The van der Waals surface area contributed by atoms with Crippen molar-refractivity contribution in [3.8, 4) is 11.1 Å². The van der Waals surface area contributed by atoms with Gasteiger partial charge in [0.05, 0.1) is 0 Å². The summed E-state index contributed by atoms with van der Waals surface area (Å²) < 4.78 is 0. The molecule has 1 N–H and O–H groups in total. The van der Waals surface area contributed by atoms with Crippen molar-refractivity contribution in [2.75, 3.05) is 11.6 Å². The summed E-state index contributed by atoms with van der Waals surface area (Å²) >= 11 is 1.64. The van der Waals surface area contributed by atoms with Gasteiger partial charge >= 0.3 is 0 Å². The second-order valence-electron chi connectivity index (χ2n) is 5.55. The molecule has 0 aliphatic carbocycles. The molecule has 2 nitrogen and oxygen atoms in total. The van der Waals surface area contributed by atoms with Gasteiger partial charge in [-0.3, -0.25) is 4.79 Å². The van der Waals surface area contributed by atoms with Gasteiger partial charge in [0.15, 0.2) is 0 Å². The number of amides is 1. The van der Waals surface area contributed by atoms with Crippen LogP contribution in [-0.2, 0) is 0 Å². The molecule has 0 aliphatic heterocycles. The Morgan fingerprint density at radius 2 is 1.62 bits per heavy atom. The minimum absolute atomic E-state index is 0.0771. The lowest BCUT2D eigenvalue weighted by molar-refractivity contribution is 0.102. The first-order valence-corrected chi connectivity index (χ1v) is 9.02. The Morgan fingerprint density at radius 1 is 0.917 bits per heavy atom. The first kappa shape index (κ1) is 16.3. The fraction of sp³-hybridized carbons (Fsp3) is 0.0952. The maximum Gasteiger partial charge on any atom is 0.255 e. The maximum absolute atomic E-state index is 12.8. The van der Waals surface area contributed by atoms with E-state index >= 15 is 0 Å². The highest BCUT2D eigenvalue weighted by atomic mass is 32.2. The van der Waals surface area contributed by atoms with Crippen LogP contribution in [0.2, 0.25) is 0 Å². The zero-order valence-corrected chi connectivity index (χ0v) is 14.6. The van der Waals surface area contributed by atoms with Gasteiger partial charge in [0.2, 0.25) is 0 Å². The molecule has 0 fully saturated rings. The van der Waals surface area contributed by atoms with Gasteiger partial charge < -0.3 is 5.32 Å². The lowest BCUT2D eigenvalue weighted by Crippen LogP contribution is -2.14. The zero-order valence-electron chi connectivity index (χ0n) is 13.7. The van der Waals surface area contributed by atoms with E-state index in [2.05, 4.69) is 5.32 Å².